The number of allylic oxidation sites excluding steroid dienone is 1. The first-order valence-corrected chi connectivity index (χ1v) is 15.8. The maximum absolute atomic E-state index is 14.2. The average Bonchev–Trinajstić information content (AvgIpc) is 3.03. The molecule has 0 bridgehead atoms. The maximum atomic E-state index is 14.2. The van der Waals surface area contributed by atoms with Gasteiger partial charge in [0.15, 0.2) is 11.4 Å². The lowest BCUT2D eigenvalue weighted by Crippen LogP contribution is -2.63. The van der Waals surface area contributed by atoms with Crippen molar-refractivity contribution in [3.05, 3.63) is 87.9 Å². The van der Waals surface area contributed by atoms with Crippen LogP contribution in [-0.2, 0) is 27.3 Å². The van der Waals surface area contributed by atoms with E-state index in [2.05, 4.69) is 17.0 Å². The molecule has 3 aromatic rings. The lowest BCUT2D eigenvalue weighted by Gasteiger charge is -2.50. The molecule has 0 spiro atoms. The molecule has 1 aliphatic heterocycles. The van der Waals surface area contributed by atoms with Gasteiger partial charge < -0.3 is 30.9 Å². The van der Waals surface area contributed by atoms with Crippen molar-refractivity contribution in [2.75, 3.05) is 40.4 Å². The first-order chi connectivity index (χ1) is 22.4. The number of aliphatic hydroxyl groups excluding tert-OH is 2. The fraction of sp³-hybridized carbons (Fsp3) is 0.361. The van der Waals surface area contributed by atoms with E-state index < -0.39 is 58.0 Å². The highest BCUT2D eigenvalue weighted by atomic mass is 16.5. The van der Waals surface area contributed by atoms with Gasteiger partial charge in [-0.2, -0.15) is 0 Å². The molecule has 6 N–H and O–H groups in total. The number of fused-ring (bicyclic) bond motifs is 4. The Bertz CT molecular complexity index is 1920. The summed E-state index contributed by atoms with van der Waals surface area (Å²) in [6.45, 7) is 3.85. The van der Waals surface area contributed by atoms with Gasteiger partial charge in [0.2, 0.25) is 5.78 Å². The molecule has 47 heavy (non-hydrogen) atoms. The van der Waals surface area contributed by atoms with Crippen molar-refractivity contribution >= 4 is 28.2 Å². The first kappa shape index (κ1) is 31.1. The normalized spacial score (nSPS) is 26.4. The number of phenolic OH excluding ortho intramolecular Hbond substituents is 1. The van der Waals surface area contributed by atoms with Crippen LogP contribution in [0.25, 0.3) is 21.9 Å². The lowest BCUT2D eigenvalue weighted by atomic mass is 9.58. The molecule has 1 heterocycles. The Morgan fingerprint density at radius 3 is 2.36 bits per heavy atom. The molecule has 7 rings (SSSR count). The Kier molecular flexibility index (Phi) is 7.47. The number of likely N-dealkylation sites (N-methyl/N-ethyl adjacent to an activating group) is 1. The second kappa shape index (κ2) is 11.3. The van der Waals surface area contributed by atoms with E-state index in [1.165, 1.54) is 6.07 Å². The molecule has 1 fully saturated rings. The van der Waals surface area contributed by atoms with Gasteiger partial charge in [-0.25, -0.2) is 0 Å². The van der Waals surface area contributed by atoms with Gasteiger partial charge in [-0.3, -0.25) is 24.2 Å². The Balaban J connectivity index is 1.36. The van der Waals surface area contributed by atoms with Crippen LogP contribution in [0.15, 0.2) is 71.2 Å². The molecule has 3 aromatic carbocycles. The molecular weight excluding hydrogens is 602 g/mol. The zero-order valence-electron chi connectivity index (χ0n) is 26.2. The third kappa shape index (κ3) is 4.60. The van der Waals surface area contributed by atoms with Gasteiger partial charge in [0.05, 0.1) is 24.8 Å². The summed E-state index contributed by atoms with van der Waals surface area (Å²) in [5.41, 5.74) is 5.13. The number of morpholine rings is 1. The van der Waals surface area contributed by atoms with Crippen LogP contribution in [0.4, 0.5) is 0 Å². The number of carbonyl (C=O) groups is 3. The monoisotopic (exact) mass is 639 g/mol. The molecule has 0 aromatic heterocycles. The molecule has 4 atom stereocenters. The number of ether oxygens (including phenoxy) is 1. The fourth-order valence-corrected chi connectivity index (χ4v) is 8.24. The van der Waals surface area contributed by atoms with Crippen molar-refractivity contribution in [1.29, 1.82) is 0 Å². The number of hydrogen-bond donors (Lipinski definition) is 5. The number of nitrogens with zero attached hydrogens (tertiary/aromatic N) is 2. The van der Waals surface area contributed by atoms with E-state index in [1.54, 1.807) is 25.1 Å². The van der Waals surface area contributed by atoms with E-state index >= 15 is 0 Å². The van der Waals surface area contributed by atoms with Gasteiger partial charge in [0, 0.05) is 31.1 Å². The number of amides is 1. The minimum Gasteiger partial charge on any atom is -0.510 e. The van der Waals surface area contributed by atoms with Gasteiger partial charge in [-0.1, -0.05) is 42.5 Å². The van der Waals surface area contributed by atoms with Crippen LogP contribution in [0, 0.1) is 11.8 Å². The van der Waals surface area contributed by atoms with Crippen molar-refractivity contribution < 1.29 is 39.5 Å². The van der Waals surface area contributed by atoms with Gasteiger partial charge in [0.1, 0.15) is 22.8 Å². The molecule has 1 amide bonds. The summed E-state index contributed by atoms with van der Waals surface area (Å²) in [4.78, 5) is 44.0. The van der Waals surface area contributed by atoms with Crippen molar-refractivity contribution in [2.45, 2.75) is 31.0 Å². The number of benzene rings is 3. The minimum atomic E-state index is -2.68. The Hall–Kier alpha value is -4.55. The van der Waals surface area contributed by atoms with Crippen molar-refractivity contribution in [3.8, 4) is 16.9 Å². The highest BCUT2D eigenvalue weighted by molar-refractivity contribution is 6.25. The second-order valence-corrected chi connectivity index (χ2v) is 13.2. The second-order valence-electron chi connectivity index (χ2n) is 13.2. The summed E-state index contributed by atoms with van der Waals surface area (Å²) in [6, 6.07) is 14.4. The van der Waals surface area contributed by atoms with Gasteiger partial charge in [-0.15, -0.1) is 0 Å². The summed E-state index contributed by atoms with van der Waals surface area (Å²) in [5, 5.41) is 47.7. The summed E-state index contributed by atoms with van der Waals surface area (Å²) >= 11 is 0. The third-order valence-electron chi connectivity index (χ3n) is 10.4. The zero-order valence-corrected chi connectivity index (χ0v) is 26.2. The standard InChI is InChI=1S/C36H37N3O8/c1-38(2)30-25-16-19-15-24-23(22-8-7-18(17-39-11-13-47-14-12-39)20-5-3-4-6-21(20)22)9-10-26(40)28(24)31(41)27(19)33(43)36(25,46)34(44)29(32(30)42)35(37)45/h3-10,19,25,30,40,42-43,46H,11-17H2,1-2H3,(H2,37,45)/t19-,25-,30-,36-/m0/s1. The maximum Gasteiger partial charge on any atom is 0.255 e. The molecule has 11 nitrogen and oxygen atoms in total. The van der Waals surface area contributed by atoms with Gasteiger partial charge in [0.25, 0.3) is 5.91 Å². The van der Waals surface area contributed by atoms with Crippen LogP contribution in [0.1, 0.15) is 27.9 Å². The van der Waals surface area contributed by atoms with E-state index in [1.807, 2.05) is 24.3 Å². The predicted octanol–water partition coefficient (Wildman–Crippen LogP) is 2.77. The number of aromatic hydroxyl groups is 1. The predicted molar refractivity (Wildman–Crippen MR) is 173 cm³/mol. The molecule has 1 saturated heterocycles. The van der Waals surface area contributed by atoms with E-state index in [9.17, 15) is 34.8 Å². The van der Waals surface area contributed by atoms with Crippen LogP contribution >= 0.6 is 0 Å². The van der Waals surface area contributed by atoms with E-state index in [-0.39, 0.29) is 29.7 Å². The van der Waals surface area contributed by atoms with E-state index in [0.29, 0.717) is 18.8 Å². The minimum absolute atomic E-state index is 0.00948. The fourth-order valence-electron chi connectivity index (χ4n) is 8.24. The number of nitrogens with two attached hydrogens (primary N) is 1. The van der Waals surface area contributed by atoms with Crippen molar-refractivity contribution in [3.63, 3.8) is 0 Å². The summed E-state index contributed by atoms with van der Waals surface area (Å²) < 4.78 is 5.52. The SMILES string of the molecule is CN(C)[C@@H]1C(O)=C(C(N)=O)C(=O)[C@@]2(O)C(O)=C3C(=O)c4c(O)ccc(-c5ccc(CN6CCOCC6)c6ccccc56)c4C[C@H]3C[C@@H]12. The largest absolute Gasteiger partial charge is 0.510 e. The summed E-state index contributed by atoms with van der Waals surface area (Å²) in [6.07, 6.45) is 0.238. The topological polar surface area (TPSA) is 174 Å². The Morgan fingerprint density at radius 2 is 1.68 bits per heavy atom. The summed E-state index contributed by atoms with van der Waals surface area (Å²) in [7, 11) is 3.22. The Morgan fingerprint density at radius 1 is 1.00 bits per heavy atom. The number of aliphatic hydroxyl groups is 3. The third-order valence-corrected chi connectivity index (χ3v) is 10.4. The van der Waals surface area contributed by atoms with Gasteiger partial charge in [-0.05, 0) is 71.9 Å². The van der Waals surface area contributed by atoms with E-state index in [0.717, 1.165) is 47.1 Å². The Labute approximate surface area is 271 Å². The number of ketones is 2. The first-order valence-electron chi connectivity index (χ1n) is 15.8. The number of phenols is 1. The summed E-state index contributed by atoms with van der Waals surface area (Å²) in [5.74, 6) is -6.72. The van der Waals surface area contributed by atoms with Crippen LogP contribution in [0.3, 0.4) is 0 Å². The van der Waals surface area contributed by atoms with Crippen LogP contribution in [-0.4, -0.2) is 99.7 Å². The molecule has 0 saturated carbocycles. The number of primary amides is 1. The smallest absolute Gasteiger partial charge is 0.255 e. The number of hydrogen-bond acceptors (Lipinski definition) is 10. The zero-order chi connectivity index (χ0) is 33.4. The highest BCUT2D eigenvalue weighted by Crippen LogP contribution is 2.53. The molecule has 11 heteroatoms. The van der Waals surface area contributed by atoms with Crippen LogP contribution in [0.2, 0.25) is 0 Å². The molecule has 0 radical (unpaired) electrons. The molecule has 244 valence electrons. The lowest BCUT2D eigenvalue weighted by molar-refractivity contribution is -0.148. The molecule has 4 aliphatic rings. The van der Waals surface area contributed by atoms with E-state index in [4.69, 9.17) is 10.5 Å². The van der Waals surface area contributed by atoms with Crippen molar-refractivity contribution in [1.82, 2.24) is 9.80 Å². The molecular formula is C36H37N3O8. The number of rotatable bonds is 5. The highest BCUT2D eigenvalue weighted by Gasteiger charge is 2.63. The average molecular weight is 640 g/mol. The van der Waals surface area contributed by atoms with Gasteiger partial charge >= 0.3 is 0 Å². The quantitative estimate of drug-likeness (QED) is 0.261. The van der Waals surface area contributed by atoms with Crippen molar-refractivity contribution in [2.24, 2.45) is 17.6 Å². The molecule has 3 aliphatic carbocycles. The number of Topliss-reactive ketones (excluding diaryl/α,β-unsaturated/α-hetero) is 2. The number of carbonyl (C=O) groups excluding carboxylic acids is 3. The van der Waals surface area contributed by atoms with Crippen LogP contribution in [0.5, 0.6) is 5.75 Å². The molecule has 0 unspecified atom stereocenters. The van der Waals surface area contributed by atoms with Crippen LogP contribution < -0.4 is 5.73 Å².